The number of halogens is 1. The third-order valence-electron chi connectivity index (χ3n) is 4.22. The minimum absolute atomic E-state index is 0.324. The third kappa shape index (κ3) is 3.82. The summed E-state index contributed by atoms with van der Waals surface area (Å²) in [5.41, 5.74) is 2.85. The van der Waals surface area contributed by atoms with Crippen molar-refractivity contribution in [2.45, 2.75) is 13.5 Å². The molecule has 6 nitrogen and oxygen atoms in total. The summed E-state index contributed by atoms with van der Waals surface area (Å²) in [5.74, 6) is -0.324. The van der Waals surface area contributed by atoms with Gasteiger partial charge in [0.05, 0.1) is 27.9 Å². The number of fused-ring (bicyclic) bond motifs is 2. The van der Waals surface area contributed by atoms with Crippen LogP contribution in [0.3, 0.4) is 0 Å². The second-order valence-corrected chi connectivity index (χ2v) is 7.47. The van der Waals surface area contributed by atoms with Gasteiger partial charge in [0, 0.05) is 36.1 Å². The smallest absolute Gasteiger partial charge is 0.279 e. The molecule has 142 valence electrons. The van der Waals surface area contributed by atoms with Crippen LogP contribution in [0.15, 0.2) is 53.8 Å². The first-order chi connectivity index (χ1) is 13.7. The fourth-order valence-corrected chi connectivity index (χ4v) is 4.23. The molecule has 0 radical (unpaired) electrons. The van der Waals surface area contributed by atoms with E-state index in [0.29, 0.717) is 40.7 Å². The van der Waals surface area contributed by atoms with Crippen molar-refractivity contribution >= 4 is 50.1 Å². The Hall–Kier alpha value is -2.61. The molecule has 1 amide bonds. The average molecular weight is 413 g/mol. The molecule has 0 fully saturated rings. The molecular weight excluding hydrogens is 396 g/mol. The maximum Gasteiger partial charge on any atom is 0.279 e. The van der Waals surface area contributed by atoms with Crippen LogP contribution >= 0.6 is 22.9 Å². The van der Waals surface area contributed by atoms with Gasteiger partial charge in [-0.2, -0.15) is 4.99 Å². The molecule has 0 saturated heterocycles. The molecule has 0 atom stereocenters. The summed E-state index contributed by atoms with van der Waals surface area (Å²) in [4.78, 5) is 26.3. The Morgan fingerprint density at radius 3 is 2.82 bits per heavy atom. The van der Waals surface area contributed by atoms with Crippen LogP contribution in [0.2, 0.25) is 5.02 Å². The van der Waals surface area contributed by atoms with E-state index in [1.165, 1.54) is 11.3 Å². The van der Waals surface area contributed by atoms with Gasteiger partial charge in [0.15, 0.2) is 4.80 Å². The van der Waals surface area contributed by atoms with E-state index in [9.17, 15) is 4.79 Å². The molecule has 0 aliphatic heterocycles. The topological polar surface area (TPSA) is 69.4 Å². The van der Waals surface area contributed by atoms with E-state index in [1.54, 1.807) is 30.6 Å². The van der Waals surface area contributed by atoms with Crippen molar-refractivity contribution in [3.63, 3.8) is 0 Å². The fourth-order valence-electron chi connectivity index (χ4n) is 2.90. The monoisotopic (exact) mass is 412 g/mol. The lowest BCUT2D eigenvalue weighted by Gasteiger charge is -2.05. The number of ether oxygens (including phenoxy) is 1. The van der Waals surface area contributed by atoms with Crippen molar-refractivity contribution in [1.82, 2.24) is 14.5 Å². The lowest BCUT2D eigenvalue weighted by molar-refractivity contribution is 0.0996. The summed E-state index contributed by atoms with van der Waals surface area (Å²) in [6.07, 6.45) is 3.23. The number of hydrogen-bond donors (Lipinski definition) is 0. The Morgan fingerprint density at radius 1 is 1.18 bits per heavy atom. The predicted octanol–water partition coefficient (Wildman–Crippen LogP) is 4.08. The van der Waals surface area contributed by atoms with E-state index in [-0.39, 0.29) is 5.91 Å². The Balaban J connectivity index is 1.77. The lowest BCUT2D eigenvalue weighted by Crippen LogP contribution is -2.19. The number of amides is 1. The van der Waals surface area contributed by atoms with Gasteiger partial charge in [0.1, 0.15) is 0 Å². The molecule has 0 unspecified atom stereocenters. The number of hydrogen-bond acceptors (Lipinski definition) is 5. The van der Waals surface area contributed by atoms with Gasteiger partial charge < -0.3 is 9.30 Å². The van der Waals surface area contributed by atoms with E-state index >= 15 is 0 Å². The molecule has 0 saturated carbocycles. The normalized spacial score (nSPS) is 12.1. The van der Waals surface area contributed by atoms with Crippen LogP contribution in [-0.4, -0.2) is 33.7 Å². The molecule has 2 heterocycles. The van der Waals surface area contributed by atoms with Gasteiger partial charge in [0.2, 0.25) is 0 Å². The number of carbonyl (C=O) groups is 1. The molecule has 0 aliphatic rings. The van der Waals surface area contributed by atoms with Crippen molar-refractivity contribution in [1.29, 1.82) is 0 Å². The second-order valence-electron chi connectivity index (χ2n) is 6.02. The molecule has 0 N–H and O–H groups in total. The molecule has 2 aromatic heterocycles. The Morgan fingerprint density at radius 2 is 2.00 bits per heavy atom. The maximum atomic E-state index is 12.8. The van der Waals surface area contributed by atoms with Crippen molar-refractivity contribution in [2.24, 2.45) is 4.99 Å². The van der Waals surface area contributed by atoms with Crippen molar-refractivity contribution < 1.29 is 9.53 Å². The van der Waals surface area contributed by atoms with Crippen molar-refractivity contribution in [3.05, 3.63) is 64.2 Å². The predicted molar refractivity (Wildman–Crippen MR) is 111 cm³/mol. The highest BCUT2D eigenvalue weighted by atomic mass is 35.5. The van der Waals surface area contributed by atoms with E-state index in [0.717, 1.165) is 15.7 Å². The molecule has 0 bridgehead atoms. The van der Waals surface area contributed by atoms with E-state index < -0.39 is 0 Å². The molecule has 4 rings (SSSR count). The summed E-state index contributed by atoms with van der Waals surface area (Å²) in [7, 11) is 0. The van der Waals surface area contributed by atoms with Gasteiger partial charge in [-0.1, -0.05) is 22.9 Å². The van der Waals surface area contributed by atoms with E-state index in [4.69, 9.17) is 16.3 Å². The van der Waals surface area contributed by atoms with Crippen LogP contribution < -0.4 is 4.80 Å². The molecule has 8 heteroatoms. The van der Waals surface area contributed by atoms with Gasteiger partial charge >= 0.3 is 0 Å². The van der Waals surface area contributed by atoms with Crippen LogP contribution in [0.25, 0.3) is 21.3 Å². The van der Waals surface area contributed by atoms with Crippen LogP contribution in [0.4, 0.5) is 0 Å². The van der Waals surface area contributed by atoms with Gasteiger partial charge in [-0.25, -0.2) is 0 Å². The summed E-state index contributed by atoms with van der Waals surface area (Å²) < 4.78 is 8.45. The van der Waals surface area contributed by atoms with Crippen LogP contribution in [-0.2, 0) is 11.3 Å². The minimum Gasteiger partial charge on any atom is -0.380 e. The summed E-state index contributed by atoms with van der Waals surface area (Å²) in [6, 6.07) is 10.9. The molecule has 4 aromatic rings. The summed E-state index contributed by atoms with van der Waals surface area (Å²) >= 11 is 7.56. The minimum atomic E-state index is -0.324. The van der Waals surface area contributed by atoms with Crippen molar-refractivity contribution in [3.8, 4) is 0 Å². The number of carbonyl (C=O) groups excluding carboxylic acids is 1. The maximum absolute atomic E-state index is 12.8. The highest BCUT2D eigenvalue weighted by Gasteiger charge is 2.11. The molecule has 0 aliphatic carbocycles. The average Bonchev–Trinajstić information content (AvgIpc) is 3.04. The first kappa shape index (κ1) is 18.7. The van der Waals surface area contributed by atoms with Gasteiger partial charge in [0.25, 0.3) is 5.91 Å². The number of nitrogens with zero attached hydrogens (tertiary/aromatic N) is 4. The second kappa shape index (κ2) is 8.18. The zero-order chi connectivity index (χ0) is 19.5. The zero-order valence-electron chi connectivity index (χ0n) is 15.1. The van der Waals surface area contributed by atoms with Gasteiger partial charge in [-0.15, -0.1) is 0 Å². The number of aromatic nitrogens is 3. The Bertz CT molecular complexity index is 1230. The van der Waals surface area contributed by atoms with Crippen LogP contribution in [0.5, 0.6) is 0 Å². The third-order valence-corrected chi connectivity index (χ3v) is 5.50. The highest BCUT2D eigenvalue weighted by molar-refractivity contribution is 7.16. The summed E-state index contributed by atoms with van der Waals surface area (Å²) in [6.45, 7) is 3.73. The van der Waals surface area contributed by atoms with Crippen molar-refractivity contribution in [2.75, 3.05) is 13.2 Å². The Kier molecular flexibility index (Phi) is 5.47. The highest BCUT2D eigenvalue weighted by Crippen LogP contribution is 2.22. The number of benzene rings is 2. The molecular formula is C20H17ClN4O2S. The standard InChI is InChI=1S/C20H17ClN4O2S/c1-2-27-10-9-25-17-6-4-14(21)12-18(17)28-20(25)24-19(26)13-3-5-15-16(11-13)23-8-7-22-15/h3-8,11-12H,2,9-10H2,1H3. The molecule has 0 spiro atoms. The number of thiazole rings is 1. The first-order valence-corrected chi connectivity index (χ1v) is 10.0. The number of rotatable bonds is 5. The summed E-state index contributed by atoms with van der Waals surface area (Å²) in [5, 5.41) is 0.650. The van der Waals surface area contributed by atoms with E-state index in [2.05, 4.69) is 15.0 Å². The van der Waals surface area contributed by atoms with E-state index in [1.807, 2.05) is 29.7 Å². The molecule has 2 aromatic carbocycles. The van der Waals surface area contributed by atoms with Gasteiger partial charge in [-0.05, 0) is 43.3 Å². The zero-order valence-corrected chi connectivity index (χ0v) is 16.7. The first-order valence-electron chi connectivity index (χ1n) is 8.82. The van der Waals surface area contributed by atoms with Crippen LogP contribution in [0, 0.1) is 0 Å². The largest absolute Gasteiger partial charge is 0.380 e. The molecule has 28 heavy (non-hydrogen) atoms. The fraction of sp³-hybridized carbons (Fsp3) is 0.200. The lowest BCUT2D eigenvalue weighted by atomic mass is 10.2. The quantitative estimate of drug-likeness (QED) is 0.463. The Labute approximate surface area is 170 Å². The SMILES string of the molecule is CCOCCn1c(=NC(=O)c2ccc3nccnc3c2)sc2cc(Cl)ccc21. The van der Waals surface area contributed by atoms with Gasteiger partial charge in [-0.3, -0.25) is 14.8 Å². The van der Waals surface area contributed by atoms with Crippen LogP contribution in [0.1, 0.15) is 17.3 Å².